The van der Waals surface area contributed by atoms with E-state index in [0.717, 1.165) is 12.8 Å². The Morgan fingerprint density at radius 2 is 1.96 bits per heavy atom. The van der Waals surface area contributed by atoms with Gasteiger partial charge in [0.2, 0.25) is 0 Å². The molecule has 0 aliphatic carbocycles. The highest BCUT2D eigenvalue weighted by Gasteiger charge is 2.37. The molecule has 4 aromatic rings. The molecule has 3 aliphatic heterocycles. The molecule has 0 saturated carbocycles. The number of benzene rings is 3. The molecule has 1 aromatic heterocycles. The minimum atomic E-state index is -2.38. The summed E-state index contributed by atoms with van der Waals surface area (Å²) in [5.41, 5.74) is -0.834. The molecule has 8 nitrogen and oxygen atoms in total. The number of phenols is 1. The third-order valence-corrected chi connectivity index (χ3v) is 9.68. The largest absolute Gasteiger partial charge is 0.508 e. The number of likely N-dealkylation sites (tertiary alicyclic amines) is 1. The van der Waals surface area contributed by atoms with Gasteiger partial charge in [-0.3, -0.25) is 0 Å². The molecular formula is C36H36F3N5O3. The number of anilines is 1. The van der Waals surface area contributed by atoms with E-state index < -0.39 is 24.0 Å². The second kappa shape index (κ2) is 11.9. The summed E-state index contributed by atoms with van der Waals surface area (Å²) < 4.78 is 82.0. The molecule has 2 N–H and O–H groups in total. The number of piperazine rings is 1. The van der Waals surface area contributed by atoms with Crippen molar-refractivity contribution in [3.8, 4) is 41.0 Å². The number of halogens is 3. The summed E-state index contributed by atoms with van der Waals surface area (Å²) in [7, 11) is 1.44. The van der Waals surface area contributed by atoms with Crippen molar-refractivity contribution in [1.82, 2.24) is 20.2 Å². The molecule has 3 saturated heterocycles. The summed E-state index contributed by atoms with van der Waals surface area (Å²) in [5, 5.41) is 15.1. The second-order valence-corrected chi connectivity index (χ2v) is 12.9. The Labute approximate surface area is 275 Å². The highest BCUT2D eigenvalue weighted by Crippen LogP contribution is 2.44. The second-order valence-electron chi connectivity index (χ2n) is 12.9. The van der Waals surface area contributed by atoms with Gasteiger partial charge in [-0.2, -0.15) is 9.97 Å². The molecule has 47 heavy (non-hydrogen) atoms. The molecule has 7 rings (SSSR count). The van der Waals surface area contributed by atoms with Gasteiger partial charge in [-0.25, -0.2) is 13.2 Å². The van der Waals surface area contributed by atoms with E-state index >= 15 is 4.39 Å². The minimum absolute atomic E-state index is 0.00811. The lowest BCUT2D eigenvalue weighted by Gasteiger charge is -2.40. The van der Waals surface area contributed by atoms with Crippen molar-refractivity contribution in [2.75, 3.05) is 51.8 Å². The molecule has 4 heterocycles. The number of ether oxygens (including phenoxy) is 2. The van der Waals surface area contributed by atoms with E-state index in [1.807, 2.05) is 4.90 Å². The van der Waals surface area contributed by atoms with Gasteiger partial charge in [-0.15, -0.1) is 6.42 Å². The van der Waals surface area contributed by atoms with Crippen molar-refractivity contribution < 1.29 is 31.9 Å². The number of methoxy groups -OCH3 is 1. The average molecular weight is 647 g/mol. The van der Waals surface area contributed by atoms with Crippen LogP contribution in [0.25, 0.3) is 32.8 Å². The van der Waals surface area contributed by atoms with Gasteiger partial charge in [0.15, 0.2) is 5.82 Å². The van der Waals surface area contributed by atoms with Crippen LogP contribution in [0.1, 0.15) is 35.9 Å². The van der Waals surface area contributed by atoms with Crippen LogP contribution < -0.4 is 19.7 Å². The van der Waals surface area contributed by atoms with E-state index in [0.29, 0.717) is 36.2 Å². The molecule has 3 fully saturated rings. The molecule has 3 aromatic carbocycles. The maximum Gasteiger partial charge on any atom is 0.319 e. The maximum atomic E-state index is 17.1. The number of nitrogens with zero attached hydrogens (tertiary/aromatic N) is 4. The smallest absolute Gasteiger partial charge is 0.319 e. The lowest BCUT2D eigenvalue weighted by molar-refractivity contribution is 0.109. The first-order valence-electron chi connectivity index (χ1n) is 17.0. The summed E-state index contributed by atoms with van der Waals surface area (Å²) in [6.07, 6.45) is 8.34. The lowest BCUT2D eigenvalue weighted by atomic mass is 9.78. The fourth-order valence-electron chi connectivity index (χ4n) is 7.31. The van der Waals surface area contributed by atoms with Gasteiger partial charge < -0.3 is 29.7 Å². The zero-order chi connectivity index (χ0) is 35.5. The standard InChI is InChI=1S/C36H36F3N5O3/c1-5-25-28(38)9-6-20-12-24(45)13-26(30(20)25)27-14-29(46-4)31-33(32(27)39)41-35(42-34(31)44-16-22-7-8-23(17-44)40-22)47-19-36(2)18-43(3)11-10-21(36)15-37/h1,6,9,12-15,22-23,40,45H,7-8,10-11,16-19H2,2-4H3/b21-15+/t22-,23+,36-/m0/s1/i3D3. The Morgan fingerprint density at radius 3 is 2.66 bits per heavy atom. The molecular weight excluding hydrogens is 607 g/mol. The Bertz CT molecular complexity index is 2080. The number of aromatic nitrogens is 2. The molecule has 0 radical (unpaired) electrons. The molecule has 0 unspecified atom stereocenters. The maximum absolute atomic E-state index is 17.1. The van der Waals surface area contributed by atoms with Gasteiger partial charge >= 0.3 is 6.01 Å². The summed E-state index contributed by atoms with van der Waals surface area (Å²) in [5.74, 6) is 1.29. The molecule has 3 aliphatic rings. The number of rotatable bonds is 6. The van der Waals surface area contributed by atoms with Crippen LogP contribution in [-0.4, -0.2) is 78.9 Å². The summed E-state index contributed by atoms with van der Waals surface area (Å²) in [4.78, 5) is 12.6. The third-order valence-electron chi connectivity index (χ3n) is 9.68. The van der Waals surface area contributed by atoms with Crippen LogP contribution in [0.5, 0.6) is 17.5 Å². The summed E-state index contributed by atoms with van der Waals surface area (Å²) >= 11 is 0. The van der Waals surface area contributed by atoms with E-state index in [1.165, 1.54) is 42.3 Å². The highest BCUT2D eigenvalue weighted by molar-refractivity contribution is 6.05. The highest BCUT2D eigenvalue weighted by atomic mass is 19.1. The van der Waals surface area contributed by atoms with Crippen LogP contribution in [0.15, 0.2) is 42.2 Å². The zero-order valence-corrected chi connectivity index (χ0v) is 26.0. The van der Waals surface area contributed by atoms with Crippen LogP contribution in [0.4, 0.5) is 19.0 Å². The first kappa shape index (κ1) is 27.6. The number of hydrogen-bond acceptors (Lipinski definition) is 8. The normalized spacial score (nSPS) is 25.1. The van der Waals surface area contributed by atoms with Crippen molar-refractivity contribution in [3.05, 3.63) is 59.4 Å². The first-order valence-corrected chi connectivity index (χ1v) is 15.5. The Hall–Kier alpha value is -4.53. The number of phenolic OH excluding ortho intramolecular Hbond substituents is 1. The fourth-order valence-corrected chi connectivity index (χ4v) is 7.31. The predicted octanol–water partition coefficient (Wildman–Crippen LogP) is 5.94. The fraction of sp³-hybridized carbons (Fsp3) is 0.389. The SMILES string of the molecule is [2H]C([2H])([2H])N1CC/C(=C\F)[C@](C)(COc2nc(N3C[C@H]4CC[C@@H](C3)N4)c3c(OC)cc(-c4cc(O)cc5ccc(F)c(C#C)c45)c(F)c3n2)C1. The van der Waals surface area contributed by atoms with Crippen LogP contribution in [0, 0.1) is 29.4 Å². The number of piperidine rings is 1. The molecule has 0 spiro atoms. The minimum Gasteiger partial charge on any atom is -0.508 e. The summed E-state index contributed by atoms with van der Waals surface area (Å²) in [6, 6.07) is 7.02. The lowest BCUT2D eigenvalue weighted by Crippen LogP contribution is -2.51. The van der Waals surface area contributed by atoms with E-state index in [-0.39, 0.29) is 88.7 Å². The van der Waals surface area contributed by atoms with Crippen molar-refractivity contribution >= 4 is 27.5 Å². The predicted molar refractivity (Wildman–Crippen MR) is 176 cm³/mol. The Balaban J connectivity index is 1.41. The molecule has 3 atom stereocenters. The molecule has 0 amide bonds. The van der Waals surface area contributed by atoms with Gasteiger partial charge in [-0.1, -0.05) is 18.9 Å². The zero-order valence-electron chi connectivity index (χ0n) is 29.0. The number of hydrogen-bond donors (Lipinski definition) is 2. The van der Waals surface area contributed by atoms with Crippen molar-refractivity contribution in [2.45, 2.75) is 38.3 Å². The number of terminal acetylenes is 1. The van der Waals surface area contributed by atoms with Gasteiger partial charge in [0.25, 0.3) is 0 Å². The third kappa shape index (κ3) is 5.39. The van der Waals surface area contributed by atoms with Crippen LogP contribution >= 0.6 is 0 Å². The molecule has 2 bridgehead atoms. The number of fused-ring (bicyclic) bond motifs is 4. The van der Waals surface area contributed by atoms with Crippen LogP contribution in [0.2, 0.25) is 0 Å². The van der Waals surface area contributed by atoms with E-state index in [2.05, 4.69) is 16.2 Å². The van der Waals surface area contributed by atoms with Gasteiger partial charge in [0.1, 0.15) is 35.3 Å². The van der Waals surface area contributed by atoms with E-state index in [9.17, 15) is 13.9 Å². The van der Waals surface area contributed by atoms with Gasteiger partial charge in [0.05, 0.1) is 24.4 Å². The average Bonchev–Trinajstić information content (AvgIpc) is 3.43. The topological polar surface area (TPSA) is 83.0 Å². The van der Waals surface area contributed by atoms with Gasteiger partial charge in [0, 0.05) is 58.7 Å². The van der Waals surface area contributed by atoms with Gasteiger partial charge in [-0.05, 0) is 67.0 Å². The molecule has 11 heteroatoms. The first-order chi connectivity index (χ1) is 23.8. The van der Waals surface area contributed by atoms with Crippen molar-refractivity contribution in [1.29, 1.82) is 0 Å². The summed E-state index contributed by atoms with van der Waals surface area (Å²) in [6.45, 7) is 0.452. The van der Waals surface area contributed by atoms with E-state index in [4.69, 9.17) is 25.0 Å². The van der Waals surface area contributed by atoms with Crippen LogP contribution in [0.3, 0.4) is 0 Å². The van der Waals surface area contributed by atoms with Crippen LogP contribution in [-0.2, 0) is 0 Å². The van der Waals surface area contributed by atoms with Crippen molar-refractivity contribution in [2.24, 2.45) is 5.41 Å². The Kier molecular flexibility index (Phi) is 7.00. The quantitative estimate of drug-likeness (QED) is 0.249. The number of nitrogens with one attached hydrogen (secondary N) is 1. The Morgan fingerprint density at radius 1 is 1.17 bits per heavy atom. The van der Waals surface area contributed by atoms with E-state index in [1.54, 1.807) is 6.92 Å². The number of aromatic hydroxyl groups is 1. The molecule has 244 valence electrons. The van der Waals surface area contributed by atoms with Crippen molar-refractivity contribution in [3.63, 3.8) is 0 Å². The monoisotopic (exact) mass is 646 g/mol.